The number of hydrogen-bond donors (Lipinski definition) is 0. The molecule has 0 unspecified atom stereocenters. The molecule has 0 aliphatic carbocycles. The zero-order valence-corrected chi connectivity index (χ0v) is 16.5. The maximum absolute atomic E-state index is 5.32. The first-order valence-electron chi connectivity index (χ1n) is 9.70. The van der Waals surface area contributed by atoms with Crippen molar-refractivity contribution in [3.8, 4) is 5.75 Å². The molecule has 2 rings (SSSR count). The van der Waals surface area contributed by atoms with Crippen molar-refractivity contribution in [1.82, 2.24) is 9.80 Å². The Balaban J connectivity index is 2.24. The van der Waals surface area contributed by atoms with Crippen molar-refractivity contribution < 1.29 is 4.74 Å². The van der Waals surface area contributed by atoms with Crippen LogP contribution in [0.3, 0.4) is 0 Å². The molecule has 3 nitrogen and oxygen atoms in total. The highest BCUT2D eigenvalue weighted by atomic mass is 16.5. The summed E-state index contributed by atoms with van der Waals surface area (Å²) >= 11 is 0. The first-order chi connectivity index (χ1) is 11.5. The predicted molar refractivity (Wildman–Crippen MR) is 103 cm³/mol. The summed E-state index contributed by atoms with van der Waals surface area (Å²) in [6.07, 6.45) is 3.59. The van der Waals surface area contributed by atoms with Gasteiger partial charge in [-0.3, -0.25) is 9.80 Å². The van der Waals surface area contributed by atoms with E-state index in [0.29, 0.717) is 24.2 Å². The zero-order valence-electron chi connectivity index (χ0n) is 16.5. The fourth-order valence-electron chi connectivity index (χ4n) is 4.22. The van der Waals surface area contributed by atoms with Crippen molar-refractivity contribution in [2.75, 3.05) is 20.2 Å². The molecule has 0 radical (unpaired) electrons. The van der Waals surface area contributed by atoms with Crippen LogP contribution in [0.1, 0.15) is 65.5 Å². The zero-order chi connectivity index (χ0) is 17.7. The van der Waals surface area contributed by atoms with Gasteiger partial charge in [0.2, 0.25) is 0 Å². The van der Waals surface area contributed by atoms with Gasteiger partial charge < -0.3 is 4.74 Å². The number of piperazine rings is 1. The third-order valence-corrected chi connectivity index (χ3v) is 5.67. The van der Waals surface area contributed by atoms with E-state index in [9.17, 15) is 0 Å². The fraction of sp³-hybridized carbons (Fsp3) is 0.714. The maximum Gasteiger partial charge on any atom is 0.118 e. The van der Waals surface area contributed by atoms with Crippen LogP contribution in [0.25, 0.3) is 0 Å². The van der Waals surface area contributed by atoms with Gasteiger partial charge in [0, 0.05) is 37.3 Å². The number of hydrogen-bond acceptors (Lipinski definition) is 3. The molecule has 0 spiro atoms. The van der Waals surface area contributed by atoms with Crippen LogP contribution in [-0.4, -0.2) is 48.1 Å². The first-order valence-corrected chi connectivity index (χ1v) is 9.70. The highest BCUT2D eigenvalue weighted by Gasteiger charge is 2.36. The Hall–Kier alpha value is -1.06. The van der Waals surface area contributed by atoms with Gasteiger partial charge in [0.1, 0.15) is 5.75 Å². The maximum atomic E-state index is 5.32. The molecule has 0 N–H and O–H groups in total. The van der Waals surface area contributed by atoms with E-state index in [0.717, 1.165) is 12.2 Å². The van der Waals surface area contributed by atoms with Crippen molar-refractivity contribution in [1.29, 1.82) is 0 Å². The molecule has 3 atom stereocenters. The first kappa shape index (κ1) is 19.3. The number of ether oxygens (including phenoxy) is 1. The molecule has 1 heterocycles. The minimum Gasteiger partial charge on any atom is -0.497 e. The number of nitrogens with zero attached hydrogens (tertiary/aromatic N) is 2. The second kappa shape index (κ2) is 8.87. The van der Waals surface area contributed by atoms with Crippen molar-refractivity contribution in [2.24, 2.45) is 0 Å². The van der Waals surface area contributed by atoms with Gasteiger partial charge in [-0.2, -0.15) is 0 Å². The molecule has 1 aliphatic rings. The van der Waals surface area contributed by atoms with E-state index in [-0.39, 0.29) is 0 Å². The summed E-state index contributed by atoms with van der Waals surface area (Å²) in [5.74, 6) is 0.941. The van der Waals surface area contributed by atoms with E-state index in [1.165, 1.54) is 31.5 Å². The van der Waals surface area contributed by atoms with Gasteiger partial charge in [-0.05, 0) is 50.8 Å². The molecule has 0 aromatic heterocycles. The van der Waals surface area contributed by atoms with Gasteiger partial charge in [0.25, 0.3) is 0 Å². The molecule has 1 fully saturated rings. The SMILES string of the molecule is CC[C@H]1CN([C@@H](CC)c2ccc(OC)cc2)[C@H](CC)CN1C(C)C. The van der Waals surface area contributed by atoms with E-state index in [1.54, 1.807) is 7.11 Å². The minimum absolute atomic E-state index is 0.504. The highest BCUT2D eigenvalue weighted by Crippen LogP contribution is 2.33. The molecule has 136 valence electrons. The molecule has 3 heteroatoms. The van der Waals surface area contributed by atoms with Crippen molar-refractivity contribution in [3.63, 3.8) is 0 Å². The topological polar surface area (TPSA) is 15.7 Å². The Labute approximate surface area is 149 Å². The normalized spacial score (nSPS) is 24.3. The van der Waals surface area contributed by atoms with E-state index < -0.39 is 0 Å². The predicted octanol–water partition coefficient (Wildman–Crippen LogP) is 4.73. The number of benzene rings is 1. The summed E-state index contributed by atoms with van der Waals surface area (Å²) in [6, 6.07) is 11.1. The third kappa shape index (κ3) is 4.12. The van der Waals surface area contributed by atoms with Crippen LogP contribution in [0.4, 0.5) is 0 Å². The summed E-state index contributed by atoms with van der Waals surface area (Å²) in [7, 11) is 1.73. The second-order valence-corrected chi connectivity index (χ2v) is 7.31. The van der Waals surface area contributed by atoms with Gasteiger partial charge in [-0.15, -0.1) is 0 Å². The van der Waals surface area contributed by atoms with E-state index in [2.05, 4.69) is 68.7 Å². The van der Waals surface area contributed by atoms with Crippen LogP contribution in [0.2, 0.25) is 0 Å². The average Bonchev–Trinajstić information content (AvgIpc) is 2.62. The Morgan fingerprint density at radius 3 is 1.96 bits per heavy atom. The smallest absolute Gasteiger partial charge is 0.118 e. The van der Waals surface area contributed by atoms with Gasteiger partial charge in [-0.25, -0.2) is 0 Å². The quantitative estimate of drug-likeness (QED) is 0.718. The summed E-state index contributed by atoms with van der Waals surface area (Å²) in [4.78, 5) is 5.49. The largest absolute Gasteiger partial charge is 0.497 e. The Morgan fingerprint density at radius 2 is 1.50 bits per heavy atom. The third-order valence-electron chi connectivity index (χ3n) is 5.67. The molecular formula is C21H36N2O. The molecule has 24 heavy (non-hydrogen) atoms. The molecular weight excluding hydrogens is 296 g/mol. The lowest BCUT2D eigenvalue weighted by molar-refractivity contribution is -0.0178. The van der Waals surface area contributed by atoms with Crippen LogP contribution >= 0.6 is 0 Å². The minimum atomic E-state index is 0.504. The number of methoxy groups -OCH3 is 1. The van der Waals surface area contributed by atoms with Gasteiger partial charge in [0.15, 0.2) is 0 Å². The Kier molecular flexibility index (Phi) is 7.12. The molecule has 1 aromatic rings. The van der Waals surface area contributed by atoms with Crippen molar-refractivity contribution in [3.05, 3.63) is 29.8 Å². The summed E-state index contributed by atoms with van der Waals surface area (Å²) in [5.41, 5.74) is 1.42. The van der Waals surface area contributed by atoms with Gasteiger partial charge in [0.05, 0.1) is 7.11 Å². The van der Waals surface area contributed by atoms with E-state index >= 15 is 0 Å². The molecule has 0 saturated carbocycles. The summed E-state index contributed by atoms with van der Waals surface area (Å²) in [6.45, 7) is 14.0. The summed E-state index contributed by atoms with van der Waals surface area (Å²) < 4.78 is 5.32. The standard InChI is InChI=1S/C21H36N2O/c1-7-18-15-23(19(8-2)14-22(18)16(4)5)21(9-3)17-10-12-20(24-6)13-11-17/h10-13,16,18-19,21H,7-9,14-15H2,1-6H3/t18-,19+,21-/m0/s1. The van der Waals surface area contributed by atoms with Crippen LogP contribution in [0.5, 0.6) is 5.75 Å². The van der Waals surface area contributed by atoms with E-state index in [1.807, 2.05) is 0 Å². The second-order valence-electron chi connectivity index (χ2n) is 7.31. The Bertz CT molecular complexity index is 485. The monoisotopic (exact) mass is 332 g/mol. The van der Waals surface area contributed by atoms with Gasteiger partial charge >= 0.3 is 0 Å². The van der Waals surface area contributed by atoms with Crippen molar-refractivity contribution in [2.45, 2.75) is 78.0 Å². The lowest BCUT2D eigenvalue weighted by Crippen LogP contribution is -2.60. The van der Waals surface area contributed by atoms with E-state index in [4.69, 9.17) is 4.74 Å². The molecule has 1 saturated heterocycles. The van der Waals surface area contributed by atoms with Crippen LogP contribution in [0.15, 0.2) is 24.3 Å². The molecule has 0 bridgehead atoms. The Morgan fingerprint density at radius 1 is 0.958 bits per heavy atom. The van der Waals surface area contributed by atoms with Crippen LogP contribution in [-0.2, 0) is 0 Å². The highest BCUT2D eigenvalue weighted by molar-refractivity contribution is 5.29. The lowest BCUT2D eigenvalue weighted by Gasteiger charge is -2.50. The lowest BCUT2D eigenvalue weighted by atomic mass is 9.94. The summed E-state index contributed by atoms with van der Waals surface area (Å²) in [5, 5.41) is 0. The average molecular weight is 333 g/mol. The molecule has 0 amide bonds. The number of rotatable bonds is 7. The molecule has 1 aliphatic heterocycles. The molecule has 1 aromatic carbocycles. The van der Waals surface area contributed by atoms with Gasteiger partial charge in [-0.1, -0.05) is 32.9 Å². The van der Waals surface area contributed by atoms with Crippen LogP contribution in [0, 0.1) is 0 Å². The van der Waals surface area contributed by atoms with Crippen LogP contribution < -0.4 is 4.74 Å². The van der Waals surface area contributed by atoms with Crippen molar-refractivity contribution >= 4 is 0 Å². The fourth-order valence-corrected chi connectivity index (χ4v) is 4.22.